The summed E-state index contributed by atoms with van der Waals surface area (Å²) in [4.78, 5) is 0. The van der Waals surface area contributed by atoms with Crippen molar-refractivity contribution in [3.63, 3.8) is 0 Å². The van der Waals surface area contributed by atoms with E-state index >= 15 is 0 Å². The lowest BCUT2D eigenvalue weighted by Gasteiger charge is -2.12. The third-order valence-electron chi connectivity index (χ3n) is 3.42. The van der Waals surface area contributed by atoms with E-state index < -0.39 is 0 Å². The van der Waals surface area contributed by atoms with Crippen LogP contribution < -0.4 is 10.1 Å². The van der Waals surface area contributed by atoms with Crippen molar-refractivity contribution in [2.24, 2.45) is 0 Å². The molecule has 2 rings (SSSR count). The van der Waals surface area contributed by atoms with Crippen LogP contribution in [0.3, 0.4) is 0 Å². The molecular weight excluding hydrogens is 246 g/mol. The largest absolute Gasteiger partial charge is 0.494 e. The average Bonchev–Trinajstić information content (AvgIpc) is 2.47. The van der Waals surface area contributed by atoms with Crippen LogP contribution in [0.1, 0.15) is 30.5 Å². The van der Waals surface area contributed by atoms with Crippen molar-refractivity contribution in [3.8, 4) is 5.75 Å². The molecule has 0 bridgehead atoms. The van der Waals surface area contributed by atoms with Crippen LogP contribution in [0.25, 0.3) is 0 Å². The number of hydrogen-bond acceptors (Lipinski definition) is 2. The van der Waals surface area contributed by atoms with E-state index in [9.17, 15) is 0 Å². The predicted octanol–water partition coefficient (Wildman–Crippen LogP) is 4.57. The summed E-state index contributed by atoms with van der Waals surface area (Å²) in [6, 6.07) is 14.9. The van der Waals surface area contributed by atoms with Gasteiger partial charge in [-0.15, -0.1) is 0 Å². The summed E-state index contributed by atoms with van der Waals surface area (Å²) < 4.78 is 5.50. The molecule has 20 heavy (non-hydrogen) atoms. The lowest BCUT2D eigenvalue weighted by molar-refractivity contribution is 0.340. The SMILES string of the molecule is CCOc1ccc(NCc2ccc(CC)cc2)c(C)c1. The summed E-state index contributed by atoms with van der Waals surface area (Å²) in [5, 5.41) is 3.48. The summed E-state index contributed by atoms with van der Waals surface area (Å²) >= 11 is 0. The van der Waals surface area contributed by atoms with Crippen LogP contribution >= 0.6 is 0 Å². The Morgan fingerprint density at radius 3 is 2.25 bits per heavy atom. The van der Waals surface area contributed by atoms with Crippen LogP contribution in [0.5, 0.6) is 5.75 Å². The summed E-state index contributed by atoms with van der Waals surface area (Å²) in [5.41, 5.74) is 5.05. The zero-order valence-corrected chi connectivity index (χ0v) is 12.6. The number of hydrogen-bond donors (Lipinski definition) is 1. The number of anilines is 1. The lowest BCUT2D eigenvalue weighted by Crippen LogP contribution is -2.01. The minimum absolute atomic E-state index is 0.704. The third-order valence-corrected chi connectivity index (χ3v) is 3.42. The van der Waals surface area contributed by atoms with E-state index in [0.717, 1.165) is 24.4 Å². The van der Waals surface area contributed by atoms with Crippen molar-refractivity contribution >= 4 is 5.69 Å². The fourth-order valence-corrected chi connectivity index (χ4v) is 2.18. The van der Waals surface area contributed by atoms with Gasteiger partial charge in [0, 0.05) is 12.2 Å². The first-order chi connectivity index (χ1) is 9.72. The molecule has 0 fully saturated rings. The lowest BCUT2D eigenvalue weighted by atomic mass is 10.1. The molecule has 0 aromatic heterocycles. The molecule has 0 atom stereocenters. The average molecular weight is 269 g/mol. The molecule has 0 saturated heterocycles. The van der Waals surface area contributed by atoms with E-state index in [0.29, 0.717) is 6.61 Å². The Labute approximate surface area is 121 Å². The van der Waals surface area contributed by atoms with Gasteiger partial charge in [-0.05, 0) is 55.2 Å². The molecule has 0 aliphatic heterocycles. The maximum atomic E-state index is 5.50. The maximum Gasteiger partial charge on any atom is 0.119 e. The van der Waals surface area contributed by atoms with E-state index in [2.05, 4.69) is 55.6 Å². The molecule has 0 heterocycles. The van der Waals surface area contributed by atoms with E-state index in [-0.39, 0.29) is 0 Å². The van der Waals surface area contributed by atoms with Crippen LogP contribution in [-0.4, -0.2) is 6.61 Å². The first-order valence-electron chi connectivity index (χ1n) is 7.28. The number of nitrogens with one attached hydrogen (secondary N) is 1. The zero-order valence-electron chi connectivity index (χ0n) is 12.6. The van der Waals surface area contributed by atoms with Gasteiger partial charge in [0.1, 0.15) is 5.75 Å². The van der Waals surface area contributed by atoms with Gasteiger partial charge in [0.2, 0.25) is 0 Å². The number of ether oxygens (including phenoxy) is 1. The minimum atomic E-state index is 0.704. The van der Waals surface area contributed by atoms with Gasteiger partial charge in [-0.25, -0.2) is 0 Å². The van der Waals surface area contributed by atoms with E-state index in [1.165, 1.54) is 16.7 Å². The fourth-order valence-electron chi connectivity index (χ4n) is 2.18. The summed E-state index contributed by atoms with van der Waals surface area (Å²) in [6.45, 7) is 7.83. The second-order valence-corrected chi connectivity index (χ2v) is 4.93. The smallest absolute Gasteiger partial charge is 0.119 e. The Bertz CT molecular complexity index is 546. The standard InChI is InChI=1S/C18H23NO/c1-4-15-6-8-16(9-7-15)13-19-18-11-10-17(20-5-2)12-14(18)3/h6-12,19H,4-5,13H2,1-3H3. The maximum absolute atomic E-state index is 5.50. The highest BCUT2D eigenvalue weighted by Gasteiger charge is 2.01. The van der Waals surface area contributed by atoms with Crippen LogP contribution in [0.4, 0.5) is 5.69 Å². The molecule has 1 N–H and O–H groups in total. The van der Waals surface area contributed by atoms with Gasteiger partial charge in [0.05, 0.1) is 6.61 Å². The zero-order chi connectivity index (χ0) is 14.4. The monoisotopic (exact) mass is 269 g/mol. The third kappa shape index (κ3) is 3.77. The summed E-state index contributed by atoms with van der Waals surface area (Å²) in [6.07, 6.45) is 1.09. The molecule has 0 unspecified atom stereocenters. The Morgan fingerprint density at radius 1 is 0.950 bits per heavy atom. The molecule has 0 radical (unpaired) electrons. The molecule has 106 valence electrons. The Kier molecular flexibility index (Phi) is 5.05. The first kappa shape index (κ1) is 14.4. The van der Waals surface area contributed by atoms with Gasteiger partial charge in [-0.2, -0.15) is 0 Å². The van der Waals surface area contributed by atoms with Gasteiger partial charge < -0.3 is 10.1 Å². The van der Waals surface area contributed by atoms with Crippen LogP contribution in [0, 0.1) is 6.92 Å². The number of benzene rings is 2. The van der Waals surface area contributed by atoms with Gasteiger partial charge >= 0.3 is 0 Å². The fraction of sp³-hybridized carbons (Fsp3) is 0.333. The van der Waals surface area contributed by atoms with Crippen LogP contribution in [0.2, 0.25) is 0 Å². The molecule has 0 saturated carbocycles. The highest BCUT2D eigenvalue weighted by molar-refractivity contribution is 5.53. The predicted molar refractivity (Wildman–Crippen MR) is 85.5 cm³/mol. The van der Waals surface area contributed by atoms with Gasteiger partial charge in [-0.1, -0.05) is 31.2 Å². The normalized spacial score (nSPS) is 10.3. The second kappa shape index (κ2) is 6.99. The van der Waals surface area contributed by atoms with Crippen molar-refractivity contribution < 1.29 is 4.74 Å². The van der Waals surface area contributed by atoms with Crippen LogP contribution in [0.15, 0.2) is 42.5 Å². The second-order valence-electron chi connectivity index (χ2n) is 4.93. The minimum Gasteiger partial charge on any atom is -0.494 e. The first-order valence-corrected chi connectivity index (χ1v) is 7.28. The number of rotatable bonds is 6. The van der Waals surface area contributed by atoms with Crippen molar-refractivity contribution in [2.45, 2.75) is 33.7 Å². The van der Waals surface area contributed by atoms with Crippen molar-refractivity contribution in [1.82, 2.24) is 0 Å². The van der Waals surface area contributed by atoms with E-state index in [4.69, 9.17) is 4.74 Å². The molecule has 2 heteroatoms. The Hall–Kier alpha value is -1.96. The van der Waals surface area contributed by atoms with E-state index in [1.54, 1.807) is 0 Å². The molecule has 0 aliphatic carbocycles. The Balaban J connectivity index is 1.99. The molecule has 0 spiro atoms. The van der Waals surface area contributed by atoms with Crippen molar-refractivity contribution in [1.29, 1.82) is 0 Å². The van der Waals surface area contributed by atoms with Gasteiger partial charge in [0.25, 0.3) is 0 Å². The highest BCUT2D eigenvalue weighted by atomic mass is 16.5. The van der Waals surface area contributed by atoms with Crippen LogP contribution in [-0.2, 0) is 13.0 Å². The van der Waals surface area contributed by atoms with Gasteiger partial charge in [0.15, 0.2) is 0 Å². The molecule has 2 aromatic rings. The van der Waals surface area contributed by atoms with Gasteiger partial charge in [-0.3, -0.25) is 0 Å². The highest BCUT2D eigenvalue weighted by Crippen LogP contribution is 2.22. The molecule has 0 aliphatic rings. The molecule has 2 nitrogen and oxygen atoms in total. The summed E-state index contributed by atoms with van der Waals surface area (Å²) in [7, 11) is 0. The van der Waals surface area contributed by atoms with Crippen molar-refractivity contribution in [3.05, 3.63) is 59.2 Å². The van der Waals surface area contributed by atoms with Crippen molar-refractivity contribution in [2.75, 3.05) is 11.9 Å². The Morgan fingerprint density at radius 2 is 1.65 bits per heavy atom. The number of aryl methyl sites for hydroxylation is 2. The molecule has 2 aromatic carbocycles. The van der Waals surface area contributed by atoms with E-state index in [1.807, 2.05) is 13.0 Å². The molecular formula is C18H23NO. The summed E-state index contributed by atoms with van der Waals surface area (Å²) in [5.74, 6) is 0.933. The molecule has 0 amide bonds. The quantitative estimate of drug-likeness (QED) is 0.829. The topological polar surface area (TPSA) is 21.3 Å².